The second kappa shape index (κ2) is 4.19. The maximum absolute atomic E-state index is 11.2. The van der Waals surface area contributed by atoms with E-state index in [-0.39, 0.29) is 5.92 Å². The van der Waals surface area contributed by atoms with Crippen molar-refractivity contribution in [2.45, 2.75) is 45.1 Å². The first kappa shape index (κ1) is 11.0. The average Bonchev–Trinajstić information content (AvgIpc) is 2.49. The lowest BCUT2D eigenvalue weighted by molar-refractivity contribution is -0.142. The first-order valence-electron chi connectivity index (χ1n) is 5.62. The fourth-order valence-electron chi connectivity index (χ4n) is 2.01. The molecule has 1 heterocycles. The van der Waals surface area contributed by atoms with E-state index in [0.717, 1.165) is 18.7 Å². The van der Waals surface area contributed by atoms with E-state index in [9.17, 15) is 9.90 Å². The summed E-state index contributed by atoms with van der Waals surface area (Å²) < 4.78 is 1.48. The highest BCUT2D eigenvalue weighted by Crippen LogP contribution is 2.36. The first-order valence-corrected chi connectivity index (χ1v) is 5.62. The molecule has 88 valence electrons. The zero-order chi connectivity index (χ0) is 11.7. The second-order valence-corrected chi connectivity index (χ2v) is 4.64. The van der Waals surface area contributed by atoms with Gasteiger partial charge in [0, 0.05) is 5.92 Å². The van der Waals surface area contributed by atoms with Crippen molar-refractivity contribution in [3.63, 3.8) is 0 Å². The molecule has 1 aromatic heterocycles. The third kappa shape index (κ3) is 1.79. The minimum Gasteiger partial charge on any atom is -0.480 e. The molecular formula is C10H16N4O2. The van der Waals surface area contributed by atoms with E-state index < -0.39 is 12.0 Å². The van der Waals surface area contributed by atoms with Gasteiger partial charge in [0.15, 0.2) is 11.9 Å². The third-order valence-electron chi connectivity index (χ3n) is 3.14. The van der Waals surface area contributed by atoms with Crippen molar-refractivity contribution in [3.8, 4) is 0 Å². The minimum absolute atomic E-state index is 0.0279. The molecular weight excluding hydrogens is 208 g/mol. The van der Waals surface area contributed by atoms with E-state index in [2.05, 4.69) is 15.5 Å². The van der Waals surface area contributed by atoms with Crippen LogP contribution < -0.4 is 0 Å². The van der Waals surface area contributed by atoms with Crippen molar-refractivity contribution in [1.29, 1.82) is 0 Å². The van der Waals surface area contributed by atoms with Crippen LogP contribution in [0.4, 0.5) is 0 Å². The van der Waals surface area contributed by atoms with Gasteiger partial charge in [-0.25, -0.2) is 9.48 Å². The largest absolute Gasteiger partial charge is 0.480 e. The van der Waals surface area contributed by atoms with Crippen LogP contribution in [0, 0.1) is 5.92 Å². The normalized spacial score (nSPS) is 18.4. The highest BCUT2D eigenvalue weighted by Gasteiger charge is 2.32. The summed E-state index contributed by atoms with van der Waals surface area (Å²) in [7, 11) is 0. The van der Waals surface area contributed by atoms with Crippen molar-refractivity contribution >= 4 is 5.97 Å². The summed E-state index contributed by atoms with van der Waals surface area (Å²) in [4.78, 5) is 11.2. The van der Waals surface area contributed by atoms with Gasteiger partial charge in [0.25, 0.3) is 0 Å². The lowest BCUT2D eigenvalue weighted by atomic mass is 9.84. The number of aliphatic carboxylic acids is 1. The van der Waals surface area contributed by atoms with E-state index in [0.29, 0.717) is 5.92 Å². The highest BCUT2D eigenvalue weighted by molar-refractivity contribution is 5.72. The van der Waals surface area contributed by atoms with E-state index in [1.807, 2.05) is 13.8 Å². The number of nitrogens with zero attached hydrogens (tertiary/aromatic N) is 4. The molecule has 6 heteroatoms. The van der Waals surface area contributed by atoms with E-state index in [1.54, 1.807) is 0 Å². The van der Waals surface area contributed by atoms with Crippen molar-refractivity contribution in [1.82, 2.24) is 20.2 Å². The molecule has 1 unspecified atom stereocenters. The van der Waals surface area contributed by atoms with Crippen molar-refractivity contribution in [3.05, 3.63) is 5.82 Å². The Labute approximate surface area is 93.6 Å². The molecule has 0 aromatic carbocycles. The second-order valence-electron chi connectivity index (χ2n) is 4.64. The number of carbonyl (C=O) groups is 1. The molecule has 1 aromatic rings. The molecule has 6 nitrogen and oxygen atoms in total. The predicted octanol–water partition coefficient (Wildman–Crippen LogP) is 1.22. The number of aromatic nitrogens is 4. The minimum atomic E-state index is -0.872. The number of rotatable bonds is 4. The van der Waals surface area contributed by atoms with Crippen LogP contribution in [0.15, 0.2) is 0 Å². The molecule has 2 rings (SSSR count). The van der Waals surface area contributed by atoms with Gasteiger partial charge in [0.2, 0.25) is 0 Å². The van der Waals surface area contributed by atoms with Crippen LogP contribution in [-0.2, 0) is 4.79 Å². The standard InChI is InChI=1S/C10H16N4O2/c1-6(2)8(10(15)16)14-9(11-12-13-14)7-4-3-5-7/h6-8H,3-5H2,1-2H3,(H,15,16). The molecule has 0 spiro atoms. The fraction of sp³-hybridized carbons (Fsp3) is 0.800. The molecule has 0 saturated heterocycles. The molecule has 1 atom stereocenters. The van der Waals surface area contributed by atoms with E-state index >= 15 is 0 Å². The summed E-state index contributed by atoms with van der Waals surface area (Å²) in [5.74, 6) is 0.172. The number of carboxylic acid groups (broad SMARTS) is 1. The summed E-state index contributed by atoms with van der Waals surface area (Å²) >= 11 is 0. The summed E-state index contributed by atoms with van der Waals surface area (Å²) in [6.45, 7) is 3.73. The summed E-state index contributed by atoms with van der Waals surface area (Å²) in [5, 5.41) is 20.6. The third-order valence-corrected chi connectivity index (χ3v) is 3.14. The lowest BCUT2D eigenvalue weighted by Crippen LogP contribution is -2.29. The van der Waals surface area contributed by atoms with Crippen molar-refractivity contribution in [2.75, 3.05) is 0 Å². The van der Waals surface area contributed by atoms with Crippen LogP contribution in [0.3, 0.4) is 0 Å². The maximum atomic E-state index is 11.2. The summed E-state index contributed by atoms with van der Waals surface area (Å²) in [6.07, 6.45) is 3.30. The van der Waals surface area contributed by atoms with Gasteiger partial charge in [-0.3, -0.25) is 0 Å². The van der Waals surface area contributed by atoms with Gasteiger partial charge in [-0.1, -0.05) is 20.3 Å². The Kier molecular flexibility index (Phi) is 2.89. The Morgan fingerprint density at radius 1 is 1.50 bits per heavy atom. The Hall–Kier alpha value is -1.46. The smallest absolute Gasteiger partial charge is 0.328 e. The maximum Gasteiger partial charge on any atom is 0.328 e. The first-order chi connectivity index (χ1) is 7.61. The summed E-state index contributed by atoms with van der Waals surface area (Å²) in [5.41, 5.74) is 0. The van der Waals surface area contributed by atoms with Gasteiger partial charge in [-0.05, 0) is 29.2 Å². The Morgan fingerprint density at radius 3 is 2.62 bits per heavy atom. The van der Waals surface area contributed by atoms with Crippen molar-refractivity contribution < 1.29 is 9.90 Å². The molecule has 0 radical (unpaired) electrons. The van der Waals surface area contributed by atoms with Crippen LogP contribution in [0.1, 0.15) is 50.9 Å². The monoisotopic (exact) mass is 224 g/mol. The van der Waals surface area contributed by atoms with Gasteiger partial charge in [-0.15, -0.1) is 5.10 Å². The van der Waals surface area contributed by atoms with E-state index in [1.165, 1.54) is 11.1 Å². The van der Waals surface area contributed by atoms with Crippen LogP contribution in [0.5, 0.6) is 0 Å². The SMILES string of the molecule is CC(C)C(C(=O)O)n1nnnc1C1CCC1. The van der Waals surface area contributed by atoms with Gasteiger partial charge < -0.3 is 5.11 Å². The molecule has 1 aliphatic carbocycles. The van der Waals surface area contributed by atoms with Crippen LogP contribution in [-0.4, -0.2) is 31.3 Å². The Balaban J connectivity index is 2.30. The van der Waals surface area contributed by atoms with Gasteiger partial charge in [0.1, 0.15) is 0 Å². The topological polar surface area (TPSA) is 80.9 Å². The number of carboxylic acids is 1. The number of hydrogen-bond donors (Lipinski definition) is 1. The Bertz CT molecular complexity index is 384. The molecule has 0 bridgehead atoms. The molecule has 1 N–H and O–H groups in total. The van der Waals surface area contributed by atoms with E-state index in [4.69, 9.17) is 0 Å². The quantitative estimate of drug-likeness (QED) is 0.831. The zero-order valence-corrected chi connectivity index (χ0v) is 9.50. The van der Waals surface area contributed by atoms with Crippen LogP contribution in [0.25, 0.3) is 0 Å². The van der Waals surface area contributed by atoms with Gasteiger partial charge >= 0.3 is 5.97 Å². The van der Waals surface area contributed by atoms with Crippen molar-refractivity contribution in [2.24, 2.45) is 5.92 Å². The number of hydrogen-bond acceptors (Lipinski definition) is 4. The van der Waals surface area contributed by atoms with Crippen LogP contribution in [0.2, 0.25) is 0 Å². The summed E-state index contributed by atoms with van der Waals surface area (Å²) in [6, 6.07) is -0.661. The lowest BCUT2D eigenvalue weighted by Gasteiger charge is -2.26. The van der Waals surface area contributed by atoms with Gasteiger partial charge in [-0.2, -0.15) is 0 Å². The molecule has 16 heavy (non-hydrogen) atoms. The number of tetrazole rings is 1. The fourth-order valence-corrected chi connectivity index (χ4v) is 2.01. The Morgan fingerprint density at radius 2 is 2.19 bits per heavy atom. The average molecular weight is 224 g/mol. The highest BCUT2D eigenvalue weighted by atomic mass is 16.4. The molecule has 0 amide bonds. The van der Waals surface area contributed by atoms with Gasteiger partial charge in [0.05, 0.1) is 0 Å². The van der Waals surface area contributed by atoms with Crippen LogP contribution >= 0.6 is 0 Å². The molecule has 1 aliphatic rings. The zero-order valence-electron chi connectivity index (χ0n) is 9.50. The molecule has 0 aliphatic heterocycles. The molecule has 1 fully saturated rings. The molecule has 1 saturated carbocycles. The predicted molar refractivity (Wildman–Crippen MR) is 55.9 cm³/mol.